The fourth-order valence-corrected chi connectivity index (χ4v) is 10.8. The molecular formula is C60H33NO3. The molecule has 0 N–H and O–H groups in total. The normalized spacial score (nSPS) is 12.4. The molecule has 0 fully saturated rings. The second-order valence-electron chi connectivity index (χ2n) is 17.2. The highest BCUT2D eigenvalue weighted by Crippen LogP contribution is 2.45. The molecule has 0 saturated carbocycles. The largest absolute Gasteiger partial charge is 0.455 e. The first-order valence-electron chi connectivity index (χ1n) is 21.8. The monoisotopic (exact) mass is 815 g/mol. The number of nitrogens with zero attached hydrogens (tertiary/aromatic N) is 1. The van der Waals surface area contributed by atoms with Gasteiger partial charge in [0.25, 0.3) is 0 Å². The summed E-state index contributed by atoms with van der Waals surface area (Å²) >= 11 is 0. The summed E-state index contributed by atoms with van der Waals surface area (Å²) in [7, 11) is 0. The van der Waals surface area contributed by atoms with E-state index in [0.29, 0.717) is 0 Å². The van der Waals surface area contributed by atoms with E-state index >= 15 is 0 Å². The molecule has 15 rings (SSSR count). The molecule has 3 aromatic heterocycles. The summed E-state index contributed by atoms with van der Waals surface area (Å²) in [6.45, 7) is 0. The van der Waals surface area contributed by atoms with Gasteiger partial charge in [0.1, 0.15) is 33.5 Å². The molecule has 0 amide bonds. The number of furan rings is 3. The Bertz CT molecular complexity index is 4050. The van der Waals surface area contributed by atoms with E-state index in [1.54, 1.807) is 0 Å². The third-order valence-electron chi connectivity index (χ3n) is 13.8. The van der Waals surface area contributed by atoms with E-state index in [4.69, 9.17) is 13.3 Å². The predicted molar refractivity (Wildman–Crippen MR) is 268 cm³/mol. The van der Waals surface area contributed by atoms with Gasteiger partial charge < -0.3 is 18.2 Å². The number of rotatable bonds is 3. The second kappa shape index (κ2) is 12.5. The van der Waals surface area contributed by atoms with Crippen molar-refractivity contribution >= 4 is 148 Å². The van der Waals surface area contributed by atoms with E-state index in [2.05, 4.69) is 187 Å². The van der Waals surface area contributed by atoms with Crippen LogP contribution in [0.25, 0.3) is 130 Å². The topological polar surface area (TPSA) is 42.7 Å². The van der Waals surface area contributed by atoms with E-state index in [1.807, 2.05) is 18.2 Å². The lowest BCUT2D eigenvalue weighted by molar-refractivity contribution is 0.672. The van der Waals surface area contributed by atoms with Crippen molar-refractivity contribution in [3.05, 3.63) is 200 Å². The van der Waals surface area contributed by atoms with Gasteiger partial charge in [-0.2, -0.15) is 0 Å². The molecule has 4 heteroatoms. The Kier molecular flexibility index (Phi) is 6.65. The highest BCUT2D eigenvalue weighted by Gasteiger charge is 2.20. The first-order valence-corrected chi connectivity index (χ1v) is 21.8. The maximum absolute atomic E-state index is 6.60. The summed E-state index contributed by atoms with van der Waals surface area (Å²) in [5, 5.41) is 20.6. The van der Waals surface area contributed by atoms with Gasteiger partial charge in [0, 0.05) is 65.5 Å². The van der Waals surface area contributed by atoms with Crippen LogP contribution in [0, 0.1) is 0 Å². The quantitative estimate of drug-likeness (QED) is 0.167. The van der Waals surface area contributed by atoms with Gasteiger partial charge in [0.15, 0.2) is 0 Å². The highest BCUT2D eigenvalue weighted by molar-refractivity contribution is 6.26. The molecule has 0 aliphatic carbocycles. The maximum Gasteiger partial charge on any atom is 0.143 e. The molecule has 0 radical (unpaired) electrons. The molecule has 12 aromatic carbocycles. The SMILES string of the molecule is c1ccc2c(c1)oc1c2ccc2ccc3cc(N(c4ccc5c(ccc6ccc7c8ccccc8oc7c65)c4)c4ccc5c(ccc6ccc7c8ccccc8oc7c65)c4)ccc3c21. The molecule has 15 aromatic rings. The lowest BCUT2D eigenvalue weighted by Gasteiger charge is -2.27. The van der Waals surface area contributed by atoms with Gasteiger partial charge in [-0.1, -0.05) is 127 Å². The van der Waals surface area contributed by atoms with Crippen molar-refractivity contribution in [3.8, 4) is 0 Å². The van der Waals surface area contributed by atoms with Crippen molar-refractivity contribution in [1.82, 2.24) is 0 Å². The molecule has 296 valence electrons. The number of hydrogen-bond donors (Lipinski definition) is 0. The summed E-state index contributed by atoms with van der Waals surface area (Å²) in [5.74, 6) is 0. The van der Waals surface area contributed by atoms with Crippen molar-refractivity contribution in [3.63, 3.8) is 0 Å². The summed E-state index contributed by atoms with van der Waals surface area (Å²) in [4.78, 5) is 2.39. The van der Waals surface area contributed by atoms with E-state index in [0.717, 1.165) is 148 Å². The molecule has 4 nitrogen and oxygen atoms in total. The summed E-state index contributed by atoms with van der Waals surface area (Å²) < 4.78 is 19.8. The van der Waals surface area contributed by atoms with Gasteiger partial charge in [-0.05, 0) is 121 Å². The van der Waals surface area contributed by atoms with E-state index in [9.17, 15) is 0 Å². The fraction of sp³-hybridized carbons (Fsp3) is 0. The van der Waals surface area contributed by atoms with Crippen molar-refractivity contribution < 1.29 is 13.3 Å². The van der Waals surface area contributed by atoms with Crippen LogP contribution in [0.15, 0.2) is 213 Å². The Hall–Kier alpha value is -8.60. The Morgan fingerprint density at radius 2 is 0.516 bits per heavy atom. The molecule has 0 bridgehead atoms. The lowest BCUT2D eigenvalue weighted by Crippen LogP contribution is -2.10. The lowest BCUT2D eigenvalue weighted by atomic mass is 9.97. The van der Waals surface area contributed by atoms with E-state index in [1.165, 1.54) is 0 Å². The van der Waals surface area contributed by atoms with Crippen LogP contribution in [-0.2, 0) is 0 Å². The number of fused-ring (bicyclic) bond motifs is 21. The molecule has 3 heterocycles. The number of benzene rings is 12. The first-order chi connectivity index (χ1) is 31.7. The van der Waals surface area contributed by atoms with Gasteiger partial charge in [0.2, 0.25) is 0 Å². The minimum absolute atomic E-state index is 0.903. The predicted octanol–water partition coefficient (Wildman–Crippen LogP) is 17.8. The van der Waals surface area contributed by atoms with Crippen molar-refractivity contribution in [2.75, 3.05) is 4.90 Å². The zero-order chi connectivity index (χ0) is 41.6. The van der Waals surface area contributed by atoms with Gasteiger partial charge in [-0.25, -0.2) is 0 Å². The summed E-state index contributed by atoms with van der Waals surface area (Å²) in [5.41, 5.74) is 8.66. The third kappa shape index (κ3) is 4.66. The van der Waals surface area contributed by atoms with Crippen molar-refractivity contribution in [1.29, 1.82) is 0 Å². The van der Waals surface area contributed by atoms with Crippen LogP contribution >= 0.6 is 0 Å². The van der Waals surface area contributed by atoms with Gasteiger partial charge >= 0.3 is 0 Å². The van der Waals surface area contributed by atoms with Gasteiger partial charge in [-0.3, -0.25) is 0 Å². The molecule has 0 saturated heterocycles. The molecule has 0 atom stereocenters. The zero-order valence-corrected chi connectivity index (χ0v) is 34.2. The molecule has 0 aliphatic rings. The van der Waals surface area contributed by atoms with Gasteiger partial charge in [0.05, 0.1) is 0 Å². The van der Waals surface area contributed by atoms with E-state index in [-0.39, 0.29) is 0 Å². The smallest absolute Gasteiger partial charge is 0.143 e. The average molecular weight is 816 g/mol. The molecular weight excluding hydrogens is 783 g/mol. The fourth-order valence-electron chi connectivity index (χ4n) is 10.8. The Labute approximate surface area is 364 Å². The summed E-state index contributed by atoms with van der Waals surface area (Å²) in [6, 6.07) is 72.1. The Morgan fingerprint density at radius 1 is 0.234 bits per heavy atom. The molecule has 64 heavy (non-hydrogen) atoms. The molecule has 0 spiro atoms. The average Bonchev–Trinajstić information content (AvgIpc) is 4.05. The number of hydrogen-bond acceptors (Lipinski definition) is 4. The summed E-state index contributed by atoms with van der Waals surface area (Å²) in [6.07, 6.45) is 0. The van der Waals surface area contributed by atoms with Crippen LogP contribution in [0.5, 0.6) is 0 Å². The zero-order valence-electron chi connectivity index (χ0n) is 34.2. The second-order valence-corrected chi connectivity index (χ2v) is 17.2. The van der Waals surface area contributed by atoms with Crippen molar-refractivity contribution in [2.24, 2.45) is 0 Å². The number of anilines is 3. The minimum Gasteiger partial charge on any atom is -0.455 e. The Balaban J connectivity index is 0.966. The van der Waals surface area contributed by atoms with E-state index < -0.39 is 0 Å². The van der Waals surface area contributed by atoms with Crippen LogP contribution in [0.2, 0.25) is 0 Å². The van der Waals surface area contributed by atoms with Crippen LogP contribution < -0.4 is 4.90 Å². The minimum atomic E-state index is 0.903. The van der Waals surface area contributed by atoms with Crippen LogP contribution in [0.1, 0.15) is 0 Å². The van der Waals surface area contributed by atoms with Crippen molar-refractivity contribution in [2.45, 2.75) is 0 Å². The van der Waals surface area contributed by atoms with Gasteiger partial charge in [-0.15, -0.1) is 0 Å². The molecule has 0 aliphatic heterocycles. The maximum atomic E-state index is 6.60. The van der Waals surface area contributed by atoms with Crippen LogP contribution in [-0.4, -0.2) is 0 Å². The van der Waals surface area contributed by atoms with Crippen LogP contribution in [0.3, 0.4) is 0 Å². The first kappa shape index (κ1) is 34.0. The highest BCUT2D eigenvalue weighted by atomic mass is 16.3. The third-order valence-corrected chi connectivity index (χ3v) is 13.8. The molecule has 0 unspecified atom stereocenters. The number of para-hydroxylation sites is 3. The van der Waals surface area contributed by atoms with Crippen LogP contribution in [0.4, 0.5) is 17.1 Å². The Morgan fingerprint density at radius 3 is 0.859 bits per heavy atom. The standard InChI is InChI=1S/C60H33NO3/c1-4-10-52-46(7-1)49-25-19-34-13-16-37-31-40(22-28-43(37)55(34)58(49)62-52)61(41-23-29-44-38(32-41)17-14-35-20-26-50-47-8-2-5-11-53(47)63-59(50)56(35)44)42-24-30-45-39(33-42)18-15-36-21-27-51-48-9-3-6-12-54(48)64-60(51)57(36)45/h1-33H.